The zero-order chi connectivity index (χ0) is 15.9. The second kappa shape index (κ2) is 5.29. The lowest BCUT2D eigenvalue weighted by molar-refractivity contribution is 0.382. The molecule has 0 spiro atoms. The van der Waals surface area contributed by atoms with E-state index in [0.29, 0.717) is 0 Å². The van der Waals surface area contributed by atoms with Crippen molar-refractivity contribution < 1.29 is 22.0 Å². The van der Waals surface area contributed by atoms with Crippen LogP contribution in [0.2, 0.25) is 0 Å². The quantitative estimate of drug-likeness (QED) is 0.386. The zero-order valence-electron chi connectivity index (χ0n) is 10.9. The summed E-state index contributed by atoms with van der Waals surface area (Å²) >= 11 is 0. The zero-order valence-corrected chi connectivity index (χ0v) is 10.9. The van der Waals surface area contributed by atoms with Crippen molar-refractivity contribution in [2.45, 2.75) is 0 Å². The van der Waals surface area contributed by atoms with Gasteiger partial charge in [-0.2, -0.15) is 0 Å². The van der Waals surface area contributed by atoms with Gasteiger partial charge in [-0.15, -0.1) is 0 Å². The SMILES string of the molecule is Fc1c(F)c(F)c(Nc2ccc3ccccc3c2)c(F)c1F. The minimum absolute atomic E-state index is 0.210. The summed E-state index contributed by atoms with van der Waals surface area (Å²) in [6.45, 7) is 0. The Kier molecular flexibility index (Phi) is 3.44. The molecule has 6 heteroatoms. The molecule has 0 bridgehead atoms. The molecule has 1 nitrogen and oxygen atoms in total. The summed E-state index contributed by atoms with van der Waals surface area (Å²) in [7, 11) is 0. The molecule has 0 heterocycles. The van der Waals surface area contributed by atoms with Gasteiger partial charge in [-0.1, -0.05) is 30.3 Å². The number of rotatable bonds is 2. The van der Waals surface area contributed by atoms with Gasteiger partial charge in [-0.05, 0) is 22.9 Å². The van der Waals surface area contributed by atoms with Gasteiger partial charge in [0.25, 0.3) is 0 Å². The van der Waals surface area contributed by atoms with Crippen molar-refractivity contribution in [3.63, 3.8) is 0 Å². The Bertz CT molecular complexity index is 847. The van der Waals surface area contributed by atoms with Crippen molar-refractivity contribution in [1.82, 2.24) is 0 Å². The van der Waals surface area contributed by atoms with Crippen molar-refractivity contribution in [1.29, 1.82) is 0 Å². The van der Waals surface area contributed by atoms with Crippen LogP contribution in [0.1, 0.15) is 0 Å². The average Bonchev–Trinajstić information content (AvgIpc) is 2.55. The summed E-state index contributed by atoms with van der Waals surface area (Å²) in [5, 5.41) is 3.89. The van der Waals surface area contributed by atoms with Crippen molar-refractivity contribution in [3.8, 4) is 0 Å². The summed E-state index contributed by atoms with van der Waals surface area (Å²) in [5.74, 6) is -9.95. The lowest BCUT2D eigenvalue weighted by atomic mass is 10.1. The Morgan fingerprint density at radius 1 is 0.591 bits per heavy atom. The monoisotopic (exact) mass is 309 g/mol. The van der Waals surface area contributed by atoms with Gasteiger partial charge in [-0.3, -0.25) is 0 Å². The molecule has 3 aromatic rings. The van der Waals surface area contributed by atoms with Gasteiger partial charge in [-0.25, -0.2) is 22.0 Å². The first-order valence-corrected chi connectivity index (χ1v) is 6.26. The standard InChI is InChI=1S/C16H8F5N/c17-11-12(18)14(20)16(15(21)13(11)19)22-10-6-5-8-3-1-2-4-9(8)7-10/h1-7,22H. The minimum atomic E-state index is -2.18. The fourth-order valence-electron chi connectivity index (χ4n) is 2.13. The van der Waals surface area contributed by atoms with E-state index in [0.717, 1.165) is 10.8 Å². The van der Waals surface area contributed by atoms with E-state index in [-0.39, 0.29) is 5.69 Å². The molecule has 3 aromatic carbocycles. The van der Waals surface area contributed by atoms with Gasteiger partial charge in [0, 0.05) is 5.69 Å². The lowest BCUT2D eigenvalue weighted by Gasteiger charge is -2.11. The van der Waals surface area contributed by atoms with Crippen LogP contribution in [-0.4, -0.2) is 0 Å². The molecule has 0 atom stereocenters. The van der Waals surface area contributed by atoms with E-state index in [1.807, 2.05) is 12.1 Å². The fraction of sp³-hybridized carbons (Fsp3) is 0. The lowest BCUT2D eigenvalue weighted by Crippen LogP contribution is -2.06. The Labute approximate surface area is 122 Å². The van der Waals surface area contributed by atoms with Crippen LogP contribution >= 0.6 is 0 Å². The second-order valence-corrected chi connectivity index (χ2v) is 4.63. The van der Waals surface area contributed by atoms with Gasteiger partial charge in [0.1, 0.15) is 5.69 Å². The molecule has 0 unspecified atom stereocenters. The molecule has 0 aromatic heterocycles. The molecule has 0 amide bonds. The van der Waals surface area contributed by atoms with Crippen molar-refractivity contribution in [3.05, 3.63) is 71.6 Å². The van der Waals surface area contributed by atoms with Gasteiger partial charge < -0.3 is 5.32 Å². The molecule has 22 heavy (non-hydrogen) atoms. The van der Waals surface area contributed by atoms with Crippen molar-refractivity contribution in [2.75, 3.05) is 5.32 Å². The predicted molar refractivity (Wildman–Crippen MR) is 73.5 cm³/mol. The first-order chi connectivity index (χ1) is 10.5. The highest BCUT2D eigenvalue weighted by Gasteiger charge is 2.25. The maximum Gasteiger partial charge on any atom is 0.200 e. The number of anilines is 2. The third-order valence-corrected chi connectivity index (χ3v) is 3.23. The Morgan fingerprint density at radius 3 is 1.77 bits per heavy atom. The van der Waals surface area contributed by atoms with Crippen LogP contribution in [0, 0.1) is 29.1 Å². The van der Waals surface area contributed by atoms with Crippen LogP contribution in [0.5, 0.6) is 0 Å². The Hall–Kier alpha value is -2.63. The molecule has 0 saturated heterocycles. The summed E-state index contributed by atoms with van der Waals surface area (Å²) in [5.41, 5.74) is -0.867. The van der Waals surface area contributed by atoms with E-state index in [1.54, 1.807) is 24.3 Å². The highest BCUT2D eigenvalue weighted by Crippen LogP contribution is 2.30. The number of hydrogen-bond donors (Lipinski definition) is 1. The van der Waals surface area contributed by atoms with E-state index in [1.165, 1.54) is 6.07 Å². The van der Waals surface area contributed by atoms with E-state index in [9.17, 15) is 22.0 Å². The molecular weight excluding hydrogens is 301 g/mol. The van der Waals surface area contributed by atoms with Crippen LogP contribution in [0.15, 0.2) is 42.5 Å². The highest BCUT2D eigenvalue weighted by molar-refractivity contribution is 5.86. The molecule has 1 N–H and O–H groups in total. The number of fused-ring (bicyclic) bond motifs is 1. The molecule has 0 fully saturated rings. The summed E-state index contributed by atoms with van der Waals surface area (Å²) in [6.07, 6.45) is 0. The first kappa shape index (κ1) is 14.3. The number of halogens is 5. The number of hydrogen-bond acceptors (Lipinski definition) is 1. The first-order valence-electron chi connectivity index (χ1n) is 6.26. The average molecular weight is 309 g/mol. The predicted octanol–water partition coefficient (Wildman–Crippen LogP) is 5.28. The summed E-state index contributed by atoms with van der Waals surface area (Å²) < 4.78 is 66.5. The highest BCUT2D eigenvalue weighted by atomic mass is 19.2. The third-order valence-electron chi connectivity index (χ3n) is 3.23. The van der Waals surface area contributed by atoms with Gasteiger partial charge >= 0.3 is 0 Å². The largest absolute Gasteiger partial charge is 0.351 e. The molecule has 0 saturated carbocycles. The fourth-order valence-corrected chi connectivity index (χ4v) is 2.13. The Balaban J connectivity index is 2.08. The van der Waals surface area contributed by atoms with Gasteiger partial charge in [0.15, 0.2) is 23.3 Å². The van der Waals surface area contributed by atoms with Crippen LogP contribution in [-0.2, 0) is 0 Å². The topological polar surface area (TPSA) is 12.0 Å². The summed E-state index contributed by atoms with van der Waals surface area (Å²) in [6, 6.07) is 11.9. The van der Waals surface area contributed by atoms with E-state index in [2.05, 4.69) is 5.32 Å². The van der Waals surface area contributed by atoms with Crippen LogP contribution in [0.25, 0.3) is 10.8 Å². The molecule has 0 aliphatic rings. The normalized spacial score (nSPS) is 11.0. The van der Waals surface area contributed by atoms with Gasteiger partial charge in [0.2, 0.25) is 5.82 Å². The molecular formula is C16H8F5N. The Morgan fingerprint density at radius 2 is 1.14 bits per heavy atom. The van der Waals surface area contributed by atoms with Crippen molar-refractivity contribution >= 4 is 22.1 Å². The second-order valence-electron chi connectivity index (χ2n) is 4.63. The van der Waals surface area contributed by atoms with E-state index in [4.69, 9.17) is 0 Å². The molecule has 112 valence electrons. The number of nitrogens with one attached hydrogen (secondary N) is 1. The van der Waals surface area contributed by atoms with Crippen LogP contribution in [0.4, 0.5) is 33.3 Å². The maximum atomic E-state index is 13.6. The third kappa shape index (κ3) is 2.26. The minimum Gasteiger partial charge on any atom is -0.351 e. The number of benzene rings is 3. The van der Waals surface area contributed by atoms with Gasteiger partial charge in [0.05, 0.1) is 0 Å². The van der Waals surface area contributed by atoms with E-state index < -0.39 is 34.8 Å². The van der Waals surface area contributed by atoms with Crippen LogP contribution < -0.4 is 5.32 Å². The smallest absolute Gasteiger partial charge is 0.200 e. The molecule has 0 aliphatic heterocycles. The summed E-state index contributed by atoms with van der Waals surface area (Å²) in [4.78, 5) is 0. The molecule has 0 aliphatic carbocycles. The van der Waals surface area contributed by atoms with E-state index >= 15 is 0 Å². The molecule has 3 rings (SSSR count). The van der Waals surface area contributed by atoms with Crippen LogP contribution in [0.3, 0.4) is 0 Å². The maximum absolute atomic E-state index is 13.6. The van der Waals surface area contributed by atoms with Crippen molar-refractivity contribution in [2.24, 2.45) is 0 Å². The molecule has 0 radical (unpaired) electrons.